The lowest BCUT2D eigenvalue weighted by atomic mass is 10.1. The van der Waals surface area contributed by atoms with E-state index in [4.69, 9.17) is 4.74 Å². The summed E-state index contributed by atoms with van der Waals surface area (Å²) in [5.41, 5.74) is 2.62. The first kappa shape index (κ1) is 20.5. The highest BCUT2D eigenvalue weighted by Gasteiger charge is 2.34. The minimum absolute atomic E-state index is 0.120. The fourth-order valence-electron chi connectivity index (χ4n) is 4.16. The maximum Gasteiger partial charge on any atom is 0.306 e. The molecule has 0 spiro atoms. The van der Waals surface area contributed by atoms with Crippen molar-refractivity contribution in [1.82, 2.24) is 15.2 Å². The lowest BCUT2D eigenvalue weighted by Crippen LogP contribution is -2.51. The number of amides is 3. The average molecular weight is 452 g/mol. The van der Waals surface area contributed by atoms with Gasteiger partial charge in [0, 0.05) is 56.3 Å². The standard InChI is InChI=1S/C22H20N4O5S/c27-19-4-3-17(31-19)21(29)26-9-7-25(8-10-26)16-5-6-23-15-2-1-13(11-14(15)16)12-18-20(28)24-22(30)32-18/h1-2,5-6,11-12,17H,3-4,7-10H2,(H,24,28,30)/t17-/m1/s1. The van der Waals surface area contributed by atoms with Gasteiger partial charge in [0.25, 0.3) is 17.1 Å². The van der Waals surface area contributed by atoms with E-state index in [0.29, 0.717) is 43.9 Å². The van der Waals surface area contributed by atoms with E-state index in [2.05, 4.69) is 15.2 Å². The van der Waals surface area contributed by atoms with Gasteiger partial charge < -0.3 is 14.5 Å². The van der Waals surface area contributed by atoms with Crippen LogP contribution >= 0.6 is 11.8 Å². The number of carbonyl (C=O) groups is 4. The number of imide groups is 1. The number of carbonyl (C=O) groups excluding carboxylic acids is 4. The van der Waals surface area contributed by atoms with Crippen LogP contribution in [0.25, 0.3) is 17.0 Å². The molecule has 3 aliphatic heterocycles. The summed E-state index contributed by atoms with van der Waals surface area (Å²) in [6.07, 6.45) is 3.55. The molecule has 3 amide bonds. The predicted octanol–water partition coefficient (Wildman–Crippen LogP) is 1.91. The number of piperazine rings is 1. The summed E-state index contributed by atoms with van der Waals surface area (Å²) in [6.45, 7) is 2.37. The maximum absolute atomic E-state index is 12.6. The van der Waals surface area contributed by atoms with Gasteiger partial charge in [0.2, 0.25) is 0 Å². The summed E-state index contributed by atoms with van der Waals surface area (Å²) in [6, 6.07) is 7.65. The number of benzene rings is 1. The number of anilines is 1. The van der Waals surface area contributed by atoms with E-state index in [9.17, 15) is 19.2 Å². The van der Waals surface area contributed by atoms with Gasteiger partial charge in [-0.3, -0.25) is 29.5 Å². The first-order valence-electron chi connectivity index (χ1n) is 10.3. The number of thioether (sulfide) groups is 1. The fraction of sp³-hybridized carbons (Fsp3) is 0.318. The summed E-state index contributed by atoms with van der Waals surface area (Å²) in [7, 11) is 0. The minimum atomic E-state index is -0.649. The van der Waals surface area contributed by atoms with Crippen molar-refractivity contribution < 1.29 is 23.9 Å². The molecule has 1 atom stereocenters. The summed E-state index contributed by atoms with van der Waals surface area (Å²) in [4.78, 5) is 56.0. The Labute approximate surface area is 187 Å². The normalized spacial score (nSPS) is 22.6. The first-order valence-corrected chi connectivity index (χ1v) is 11.2. The quantitative estimate of drug-likeness (QED) is 0.556. The van der Waals surface area contributed by atoms with Crippen molar-refractivity contribution >= 4 is 57.5 Å². The van der Waals surface area contributed by atoms with Crippen LogP contribution in [0.4, 0.5) is 10.5 Å². The van der Waals surface area contributed by atoms with Crippen molar-refractivity contribution in [3.8, 4) is 0 Å². The molecule has 10 heteroatoms. The van der Waals surface area contributed by atoms with Gasteiger partial charge in [-0.2, -0.15) is 0 Å². The summed E-state index contributed by atoms with van der Waals surface area (Å²) in [5.74, 6) is -0.819. The largest absolute Gasteiger partial charge is 0.452 e. The van der Waals surface area contributed by atoms with Crippen molar-refractivity contribution in [2.75, 3.05) is 31.1 Å². The number of esters is 1. The second-order valence-corrected chi connectivity index (χ2v) is 8.80. The Balaban J connectivity index is 1.35. The Morgan fingerprint density at radius 1 is 1.16 bits per heavy atom. The zero-order valence-corrected chi connectivity index (χ0v) is 17.9. The number of hydrogen-bond donors (Lipinski definition) is 1. The molecular formula is C22H20N4O5S. The smallest absolute Gasteiger partial charge is 0.306 e. The van der Waals surface area contributed by atoms with E-state index in [0.717, 1.165) is 33.9 Å². The lowest BCUT2D eigenvalue weighted by molar-refractivity contribution is -0.153. The topological polar surface area (TPSA) is 109 Å². The molecule has 3 aliphatic rings. The second kappa shape index (κ2) is 8.27. The van der Waals surface area contributed by atoms with Crippen LogP contribution in [0.3, 0.4) is 0 Å². The molecule has 0 bridgehead atoms. The predicted molar refractivity (Wildman–Crippen MR) is 119 cm³/mol. The molecule has 32 heavy (non-hydrogen) atoms. The molecule has 1 N–H and O–H groups in total. The lowest BCUT2D eigenvalue weighted by Gasteiger charge is -2.37. The summed E-state index contributed by atoms with van der Waals surface area (Å²) >= 11 is 0.886. The van der Waals surface area contributed by atoms with E-state index >= 15 is 0 Å². The zero-order chi connectivity index (χ0) is 22.2. The van der Waals surface area contributed by atoms with E-state index in [1.54, 1.807) is 17.2 Å². The van der Waals surface area contributed by atoms with Gasteiger partial charge >= 0.3 is 5.97 Å². The Hall–Kier alpha value is -3.40. The van der Waals surface area contributed by atoms with E-state index in [-0.39, 0.29) is 23.0 Å². The van der Waals surface area contributed by atoms with Gasteiger partial charge in [-0.25, -0.2) is 0 Å². The number of pyridine rings is 1. The van der Waals surface area contributed by atoms with Crippen LogP contribution in [0.2, 0.25) is 0 Å². The van der Waals surface area contributed by atoms with Gasteiger partial charge in [0.05, 0.1) is 10.4 Å². The molecule has 0 unspecified atom stereocenters. The Morgan fingerprint density at radius 3 is 2.66 bits per heavy atom. The number of fused-ring (bicyclic) bond motifs is 1. The van der Waals surface area contributed by atoms with Gasteiger partial charge in [-0.15, -0.1) is 0 Å². The second-order valence-electron chi connectivity index (χ2n) is 7.79. The van der Waals surface area contributed by atoms with Crippen LogP contribution in [-0.2, 0) is 19.1 Å². The molecule has 2 aromatic rings. The highest BCUT2D eigenvalue weighted by molar-refractivity contribution is 8.18. The number of nitrogens with one attached hydrogen (secondary N) is 1. The Bertz CT molecular complexity index is 1170. The highest BCUT2D eigenvalue weighted by atomic mass is 32.2. The van der Waals surface area contributed by atoms with E-state index in [1.165, 1.54) is 0 Å². The zero-order valence-electron chi connectivity index (χ0n) is 17.1. The van der Waals surface area contributed by atoms with Crippen molar-refractivity contribution in [1.29, 1.82) is 0 Å². The van der Waals surface area contributed by atoms with Crippen LogP contribution in [0.15, 0.2) is 35.4 Å². The van der Waals surface area contributed by atoms with Gasteiger partial charge in [0.15, 0.2) is 6.10 Å². The van der Waals surface area contributed by atoms with Gasteiger partial charge in [-0.1, -0.05) is 6.07 Å². The molecule has 3 saturated heterocycles. The highest BCUT2D eigenvalue weighted by Crippen LogP contribution is 2.30. The third-order valence-corrected chi connectivity index (χ3v) is 6.58. The molecule has 4 heterocycles. The molecule has 3 fully saturated rings. The molecule has 164 valence electrons. The van der Waals surface area contributed by atoms with Crippen molar-refractivity contribution in [3.05, 3.63) is 40.9 Å². The molecule has 1 aromatic heterocycles. The Morgan fingerprint density at radius 2 is 1.97 bits per heavy atom. The number of aromatic nitrogens is 1. The molecule has 1 aromatic carbocycles. The number of hydrogen-bond acceptors (Lipinski definition) is 8. The summed E-state index contributed by atoms with van der Waals surface area (Å²) in [5, 5.41) is 2.82. The van der Waals surface area contributed by atoms with Crippen LogP contribution in [0, 0.1) is 0 Å². The van der Waals surface area contributed by atoms with Crippen molar-refractivity contribution in [2.45, 2.75) is 18.9 Å². The fourth-order valence-corrected chi connectivity index (χ4v) is 4.84. The molecule has 0 saturated carbocycles. The van der Waals surface area contributed by atoms with Crippen LogP contribution < -0.4 is 10.2 Å². The number of nitrogens with zero attached hydrogens (tertiary/aromatic N) is 3. The number of ether oxygens (including phenoxy) is 1. The minimum Gasteiger partial charge on any atom is -0.452 e. The van der Waals surface area contributed by atoms with Gasteiger partial charge in [0.1, 0.15) is 0 Å². The van der Waals surface area contributed by atoms with Crippen molar-refractivity contribution in [2.24, 2.45) is 0 Å². The molecular weight excluding hydrogens is 432 g/mol. The van der Waals surface area contributed by atoms with Crippen LogP contribution in [0.1, 0.15) is 18.4 Å². The van der Waals surface area contributed by atoms with Gasteiger partial charge in [-0.05, 0) is 41.6 Å². The number of cyclic esters (lactones) is 1. The van der Waals surface area contributed by atoms with Crippen LogP contribution in [-0.4, -0.2) is 65.2 Å². The molecule has 0 aliphatic carbocycles. The average Bonchev–Trinajstić information content (AvgIpc) is 3.37. The summed E-state index contributed by atoms with van der Waals surface area (Å²) < 4.78 is 5.12. The van der Waals surface area contributed by atoms with E-state index < -0.39 is 6.10 Å². The maximum atomic E-state index is 12.6. The van der Waals surface area contributed by atoms with Crippen molar-refractivity contribution in [3.63, 3.8) is 0 Å². The third kappa shape index (κ3) is 3.93. The third-order valence-electron chi connectivity index (χ3n) is 5.77. The molecule has 9 nitrogen and oxygen atoms in total. The molecule has 0 radical (unpaired) electrons. The monoisotopic (exact) mass is 452 g/mol. The Kier molecular flexibility index (Phi) is 5.30. The molecule has 5 rings (SSSR count). The SMILES string of the molecule is O=C1CC[C@H](C(=O)N2CCN(c3ccnc4ccc(C=C5SC(=O)NC5=O)cc34)CC2)O1. The number of rotatable bonds is 3. The first-order chi connectivity index (χ1) is 15.5. The van der Waals surface area contributed by atoms with Crippen LogP contribution in [0.5, 0.6) is 0 Å². The van der Waals surface area contributed by atoms with E-state index in [1.807, 2.05) is 24.3 Å².